The Morgan fingerprint density at radius 3 is 2.70 bits per heavy atom. The standard InChI is InChI=1S/C13H14N3O3S/c1-3-19-13(18)11-12(20-15-14-11)16(2,9-17)10-7-5-4-6-8-10/h4-9H,3H2,1-2H3/q+1. The molecule has 0 aliphatic carbocycles. The van der Waals surface area contributed by atoms with Crippen LogP contribution in [0, 0.1) is 0 Å². The molecule has 1 atom stereocenters. The first-order chi connectivity index (χ1) is 9.63. The first-order valence-electron chi connectivity index (χ1n) is 6.01. The maximum absolute atomic E-state index is 11.9. The average Bonchev–Trinajstić information content (AvgIpc) is 2.97. The molecule has 1 aromatic carbocycles. The van der Waals surface area contributed by atoms with E-state index >= 15 is 0 Å². The lowest BCUT2D eigenvalue weighted by Gasteiger charge is -2.23. The monoisotopic (exact) mass is 292 g/mol. The number of nitrogens with zero attached hydrogens (tertiary/aromatic N) is 3. The van der Waals surface area contributed by atoms with Gasteiger partial charge in [-0.05, 0) is 6.92 Å². The summed E-state index contributed by atoms with van der Waals surface area (Å²) in [5.41, 5.74) is 0.800. The van der Waals surface area contributed by atoms with Crippen molar-refractivity contribution < 1.29 is 14.3 Å². The number of carbonyl (C=O) groups excluding carboxylic acids is 2. The molecule has 0 radical (unpaired) electrons. The van der Waals surface area contributed by atoms with Crippen LogP contribution in [0.5, 0.6) is 0 Å². The van der Waals surface area contributed by atoms with Crippen LogP contribution in [-0.4, -0.2) is 35.6 Å². The van der Waals surface area contributed by atoms with E-state index in [9.17, 15) is 9.59 Å². The van der Waals surface area contributed by atoms with E-state index < -0.39 is 5.97 Å². The average molecular weight is 292 g/mol. The first-order valence-corrected chi connectivity index (χ1v) is 6.79. The van der Waals surface area contributed by atoms with Gasteiger partial charge in [0.1, 0.15) is 5.69 Å². The molecule has 1 aromatic heterocycles. The lowest BCUT2D eigenvalue weighted by Crippen LogP contribution is -2.38. The number of hydrogen-bond donors (Lipinski definition) is 0. The Balaban J connectivity index is 2.51. The minimum Gasteiger partial charge on any atom is -0.461 e. The van der Waals surface area contributed by atoms with Crippen molar-refractivity contribution in [1.82, 2.24) is 14.1 Å². The third-order valence-corrected chi connectivity index (χ3v) is 3.77. The maximum Gasteiger partial charge on any atom is 0.366 e. The van der Waals surface area contributed by atoms with Crippen LogP contribution in [0.1, 0.15) is 17.4 Å². The van der Waals surface area contributed by atoms with Crippen LogP contribution < -0.4 is 4.48 Å². The van der Waals surface area contributed by atoms with Crippen molar-refractivity contribution >= 4 is 34.6 Å². The normalized spacial score (nSPS) is 13.5. The molecule has 1 amide bonds. The van der Waals surface area contributed by atoms with Gasteiger partial charge in [0, 0.05) is 23.7 Å². The zero-order valence-corrected chi connectivity index (χ0v) is 12.0. The Morgan fingerprint density at radius 1 is 1.40 bits per heavy atom. The number of ether oxygens (including phenoxy) is 1. The Labute approximate surface area is 120 Å². The Hall–Kier alpha value is -2.12. The molecular weight excluding hydrogens is 278 g/mol. The summed E-state index contributed by atoms with van der Waals surface area (Å²) in [5.74, 6) is -0.571. The van der Waals surface area contributed by atoms with E-state index in [-0.39, 0.29) is 16.8 Å². The third-order valence-electron chi connectivity index (χ3n) is 2.86. The minimum absolute atomic E-state index is 0.0790. The summed E-state index contributed by atoms with van der Waals surface area (Å²) in [4.78, 5) is 23.5. The molecule has 0 spiro atoms. The number of amides is 1. The molecule has 0 bridgehead atoms. The highest BCUT2D eigenvalue weighted by atomic mass is 32.1. The van der Waals surface area contributed by atoms with Gasteiger partial charge in [0.05, 0.1) is 13.7 Å². The number of quaternary nitrogens is 1. The Morgan fingerprint density at radius 2 is 2.10 bits per heavy atom. The minimum atomic E-state index is -0.571. The van der Waals surface area contributed by atoms with Crippen LogP contribution in [0.25, 0.3) is 0 Å². The van der Waals surface area contributed by atoms with Gasteiger partial charge in [0.25, 0.3) is 5.00 Å². The van der Waals surface area contributed by atoms with Crippen molar-refractivity contribution in [1.29, 1.82) is 0 Å². The molecule has 1 unspecified atom stereocenters. The number of para-hydroxylation sites is 1. The second-order valence-electron chi connectivity index (χ2n) is 4.16. The van der Waals surface area contributed by atoms with E-state index in [0.29, 0.717) is 5.00 Å². The molecule has 20 heavy (non-hydrogen) atoms. The van der Waals surface area contributed by atoms with Crippen LogP contribution in [0.15, 0.2) is 30.3 Å². The molecule has 0 aliphatic rings. The predicted molar refractivity (Wildman–Crippen MR) is 75.7 cm³/mol. The highest BCUT2D eigenvalue weighted by Crippen LogP contribution is 2.35. The van der Waals surface area contributed by atoms with E-state index in [2.05, 4.69) is 9.59 Å². The van der Waals surface area contributed by atoms with Crippen LogP contribution in [0.2, 0.25) is 0 Å². The third kappa shape index (κ3) is 2.45. The number of benzene rings is 1. The zero-order chi connectivity index (χ0) is 14.6. The zero-order valence-electron chi connectivity index (χ0n) is 11.1. The van der Waals surface area contributed by atoms with Crippen LogP contribution in [-0.2, 0) is 9.53 Å². The van der Waals surface area contributed by atoms with Gasteiger partial charge in [-0.3, -0.25) is 0 Å². The van der Waals surface area contributed by atoms with Crippen LogP contribution in [0.3, 0.4) is 0 Å². The second-order valence-corrected chi connectivity index (χ2v) is 4.90. The van der Waals surface area contributed by atoms with Crippen molar-refractivity contribution in [3.05, 3.63) is 36.0 Å². The van der Waals surface area contributed by atoms with E-state index in [1.807, 2.05) is 30.3 Å². The topological polar surface area (TPSA) is 69.2 Å². The van der Waals surface area contributed by atoms with E-state index in [1.54, 1.807) is 14.0 Å². The quantitative estimate of drug-likeness (QED) is 0.480. The summed E-state index contributed by atoms with van der Waals surface area (Å²) in [7, 11) is 1.68. The largest absolute Gasteiger partial charge is 0.461 e. The maximum atomic E-state index is 11.9. The number of rotatable bonds is 5. The summed E-state index contributed by atoms with van der Waals surface area (Å²) in [6.07, 6.45) is 0.743. The summed E-state index contributed by atoms with van der Waals surface area (Å²) < 4.78 is 8.52. The van der Waals surface area contributed by atoms with E-state index in [0.717, 1.165) is 23.6 Å². The lowest BCUT2D eigenvalue weighted by molar-refractivity contribution is -0.114. The molecule has 0 saturated carbocycles. The molecule has 6 nitrogen and oxygen atoms in total. The molecule has 0 saturated heterocycles. The molecule has 7 heteroatoms. The smallest absolute Gasteiger partial charge is 0.366 e. The van der Waals surface area contributed by atoms with Gasteiger partial charge in [0.2, 0.25) is 5.69 Å². The predicted octanol–water partition coefficient (Wildman–Crippen LogP) is 2.14. The van der Waals surface area contributed by atoms with Gasteiger partial charge >= 0.3 is 12.4 Å². The van der Waals surface area contributed by atoms with Gasteiger partial charge in [-0.25, -0.2) is 9.59 Å². The summed E-state index contributed by atoms with van der Waals surface area (Å²) in [6.45, 7) is 1.95. The van der Waals surface area contributed by atoms with Crippen molar-refractivity contribution in [3.8, 4) is 0 Å². The first kappa shape index (κ1) is 14.3. The van der Waals surface area contributed by atoms with E-state index in [1.165, 1.54) is 0 Å². The summed E-state index contributed by atoms with van der Waals surface area (Å²) in [5, 5.41) is 4.23. The van der Waals surface area contributed by atoms with Gasteiger partial charge in [-0.2, -0.15) is 4.48 Å². The van der Waals surface area contributed by atoms with Crippen molar-refractivity contribution in [2.75, 3.05) is 13.7 Å². The molecule has 2 aromatic rings. The molecule has 1 heterocycles. The molecule has 0 fully saturated rings. The number of esters is 1. The molecular formula is C13H14N3O3S+. The van der Waals surface area contributed by atoms with Gasteiger partial charge in [-0.1, -0.05) is 22.7 Å². The van der Waals surface area contributed by atoms with Crippen molar-refractivity contribution in [3.63, 3.8) is 0 Å². The van der Waals surface area contributed by atoms with Crippen molar-refractivity contribution in [2.24, 2.45) is 0 Å². The fourth-order valence-electron chi connectivity index (χ4n) is 1.78. The SMILES string of the molecule is CCOC(=O)c1nnsc1[N+](C)(C=O)c1ccccc1. The lowest BCUT2D eigenvalue weighted by atomic mass is 10.2. The van der Waals surface area contributed by atoms with Crippen LogP contribution >= 0.6 is 11.5 Å². The molecule has 0 aliphatic heterocycles. The number of aromatic nitrogens is 2. The second kappa shape index (κ2) is 5.89. The summed E-state index contributed by atoms with van der Waals surface area (Å²) in [6, 6.07) is 9.13. The Bertz CT molecular complexity index is 614. The highest BCUT2D eigenvalue weighted by Gasteiger charge is 2.37. The molecule has 104 valence electrons. The summed E-state index contributed by atoms with van der Waals surface area (Å²) >= 11 is 1.01. The van der Waals surface area contributed by atoms with Gasteiger partial charge < -0.3 is 4.74 Å². The van der Waals surface area contributed by atoms with Gasteiger partial charge in [-0.15, -0.1) is 5.10 Å². The highest BCUT2D eigenvalue weighted by molar-refractivity contribution is 7.10. The van der Waals surface area contributed by atoms with Gasteiger partial charge in [0.15, 0.2) is 0 Å². The fraction of sp³-hybridized carbons (Fsp3) is 0.231. The van der Waals surface area contributed by atoms with Crippen molar-refractivity contribution in [2.45, 2.75) is 6.92 Å². The fourth-order valence-corrected chi connectivity index (χ4v) is 2.51. The molecule has 0 N–H and O–H groups in total. The number of hydrogen-bond acceptors (Lipinski definition) is 6. The van der Waals surface area contributed by atoms with E-state index in [4.69, 9.17) is 4.74 Å². The van der Waals surface area contributed by atoms with Crippen LogP contribution in [0.4, 0.5) is 10.7 Å². The molecule has 2 rings (SSSR count). The Kier molecular flexibility index (Phi) is 4.21. The number of carbonyl (C=O) groups is 2.